The van der Waals surface area contributed by atoms with Crippen LogP contribution in [-0.2, 0) is 10.1 Å². The lowest BCUT2D eigenvalue weighted by Crippen LogP contribution is -2.50. The fourth-order valence-electron chi connectivity index (χ4n) is 1.38. The van der Waals surface area contributed by atoms with Gasteiger partial charge in [-0.3, -0.25) is 15.0 Å². The number of urea groups is 1. The van der Waals surface area contributed by atoms with E-state index in [1.165, 1.54) is 4.90 Å². The van der Waals surface area contributed by atoms with Crippen molar-refractivity contribution in [1.29, 1.82) is 0 Å². The highest BCUT2D eigenvalue weighted by atomic mass is 79.9. The molecule has 7 heteroatoms. The maximum absolute atomic E-state index is 11.5. The van der Waals surface area contributed by atoms with Crippen molar-refractivity contribution in [2.24, 2.45) is 0 Å². The van der Waals surface area contributed by atoms with Crippen LogP contribution < -0.4 is 10.2 Å². The van der Waals surface area contributed by atoms with E-state index in [0.717, 1.165) is 5.56 Å². The molecule has 1 fully saturated rings. The summed E-state index contributed by atoms with van der Waals surface area (Å²) < 4.78 is 0. The fourth-order valence-corrected chi connectivity index (χ4v) is 1.69. The molecule has 0 aromatic carbocycles. The van der Waals surface area contributed by atoms with Gasteiger partial charge < -0.3 is 0 Å². The van der Waals surface area contributed by atoms with Gasteiger partial charge in [0.2, 0.25) is 5.91 Å². The molecular formula is C9H9BrN4O2. The molecule has 1 aromatic heterocycles. The van der Waals surface area contributed by atoms with E-state index < -0.39 is 6.03 Å². The van der Waals surface area contributed by atoms with Crippen molar-refractivity contribution in [3.63, 3.8) is 0 Å². The SMILES string of the molecule is O=C1CCN(c2cc(CBr)cnn2)C(=O)N1. The summed E-state index contributed by atoms with van der Waals surface area (Å²) in [7, 11) is 0. The Morgan fingerprint density at radius 3 is 3.00 bits per heavy atom. The van der Waals surface area contributed by atoms with Crippen molar-refractivity contribution in [2.75, 3.05) is 11.4 Å². The van der Waals surface area contributed by atoms with E-state index in [2.05, 4.69) is 31.4 Å². The topological polar surface area (TPSA) is 75.2 Å². The van der Waals surface area contributed by atoms with Crippen molar-refractivity contribution in [3.05, 3.63) is 17.8 Å². The molecule has 1 aliphatic heterocycles. The molecule has 2 heterocycles. The zero-order valence-corrected chi connectivity index (χ0v) is 9.90. The second-order valence-electron chi connectivity index (χ2n) is 3.31. The number of carbonyl (C=O) groups excluding carboxylic acids is 2. The Labute approximate surface area is 100 Å². The quantitative estimate of drug-likeness (QED) is 0.816. The zero-order valence-electron chi connectivity index (χ0n) is 8.31. The van der Waals surface area contributed by atoms with Gasteiger partial charge >= 0.3 is 6.03 Å². The molecule has 0 aliphatic carbocycles. The van der Waals surface area contributed by atoms with Crippen LogP contribution in [0.3, 0.4) is 0 Å². The Hall–Kier alpha value is -1.50. The first-order chi connectivity index (χ1) is 7.70. The van der Waals surface area contributed by atoms with Gasteiger partial charge in [-0.25, -0.2) is 4.79 Å². The molecule has 0 saturated carbocycles. The maximum atomic E-state index is 11.5. The highest BCUT2D eigenvalue weighted by Gasteiger charge is 2.25. The predicted octanol–water partition coefficient (Wildman–Crippen LogP) is 0.818. The number of amides is 3. The number of nitrogens with zero attached hydrogens (tertiary/aromatic N) is 3. The first kappa shape index (κ1) is 11.0. The molecular weight excluding hydrogens is 276 g/mol. The summed E-state index contributed by atoms with van der Waals surface area (Å²) in [4.78, 5) is 23.9. The third-order valence-corrected chi connectivity index (χ3v) is 2.83. The highest BCUT2D eigenvalue weighted by molar-refractivity contribution is 9.08. The van der Waals surface area contributed by atoms with Crippen LogP contribution in [0.15, 0.2) is 12.3 Å². The molecule has 0 spiro atoms. The van der Waals surface area contributed by atoms with E-state index in [-0.39, 0.29) is 12.3 Å². The lowest BCUT2D eigenvalue weighted by atomic mass is 10.3. The highest BCUT2D eigenvalue weighted by Crippen LogP contribution is 2.15. The number of imide groups is 1. The molecule has 1 aliphatic rings. The number of carbonyl (C=O) groups is 2. The largest absolute Gasteiger partial charge is 0.329 e. The van der Waals surface area contributed by atoms with Crippen LogP contribution in [0, 0.1) is 0 Å². The van der Waals surface area contributed by atoms with Gasteiger partial charge in [-0.1, -0.05) is 15.9 Å². The van der Waals surface area contributed by atoms with Crippen LogP contribution in [0.2, 0.25) is 0 Å². The molecule has 16 heavy (non-hydrogen) atoms. The van der Waals surface area contributed by atoms with Crippen LogP contribution in [0.25, 0.3) is 0 Å². The van der Waals surface area contributed by atoms with Gasteiger partial charge in [0.15, 0.2) is 5.82 Å². The van der Waals surface area contributed by atoms with Gasteiger partial charge in [0.1, 0.15) is 0 Å². The lowest BCUT2D eigenvalue weighted by Gasteiger charge is -2.25. The molecule has 1 N–H and O–H groups in total. The fraction of sp³-hybridized carbons (Fsp3) is 0.333. The number of hydrogen-bond donors (Lipinski definition) is 1. The Balaban J connectivity index is 2.23. The van der Waals surface area contributed by atoms with E-state index in [1.807, 2.05) is 0 Å². The smallest absolute Gasteiger partial charge is 0.278 e. The Kier molecular flexibility index (Phi) is 3.14. The Bertz CT molecular complexity index is 437. The number of rotatable bonds is 2. The molecule has 3 amide bonds. The molecule has 1 aromatic rings. The summed E-state index contributed by atoms with van der Waals surface area (Å²) in [6, 6.07) is 1.31. The maximum Gasteiger partial charge on any atom is 0.329 e. The number of hydrogen-bond acceptors (Lipinski definition) is 4. The number of halogens is 1. The molecule has 6 nitrogen and oxygen atoms in total. The van der Waals surface area contributed by atoms with Gasteiger partial charge in [-0.15, -0.1) is 5.10 Å². The molecule has 0 radical (unpaired) electrons. The van der Waals surface area contributed by atoms with Crippen molar-refractivity contribution >= 4 is 33.7 Å². The second-order valence-corrected chi connectivity index (χ2v) is 3.87. The standard InChI is InChI=1S/C9H9BrN4O2/c10-4-6-3-7(13-11-5-6)14-2-1-8(15)12-9(14)16/h3,5H,1-2,4H2,(H,12,15,16). The van der Waals surface area contributed by atoms with E-state index in [4.69, 9.17) is 0 Å². The molecule has 84 valence electrons. The second kappa shape index (κ2) is 4.56. The summed E-state index contributed by atoms with van der Waals surface area (Å²) >= 11 is 3.30. The lowest BCUT2D eigenvalue weighted by molar-refractivity contribution is -0.120. The minimum atomic E-state index is -0.447. The average molecular weight is 285 g/mol. The molecule has 1 saturated heterocycles. The van der Waals surface area contributed by atoms with Crippen LogP contribution in [-0.4, -0.2) is 28.7 Å². The third kappa shape index (κ3) is 2.19. The Morgan fingerprint density at radius 2 is 2.31 bits per heavy atom. The van der Waals surface area contributed by atoms with Crippen LogP contribution in [0.4, 0.5) is 10.6 Å². The first-order valence-electron chi connectivity index (χ1n) is 4.69. The van der Waals surface area contributed by atoms with Gasteiger partial charge in [-0.2, -0.15) is 5.10 Å². The van der Waals surface area contributed by atoms with Gasteiger partial charge in [-0.05, 0) is 11.6 Å². The molecule has 2 rings (SSSR count). The average Bonchev–Trinajstić information content (AvgIpc) is 2.29. The van der Waals surface area contributed by atoms with Crippen molar-refractivity contribution < 1.29 is 9.59 Å². The summed E-state index contributed by atoms with van der Waals surface area (Å²) in [5, 5.41) is 10.5. The molecule has 0 unspecified atom stereocenters. The van der Waals surface area contributed by atoms with E-state index in [9.17, 15) is 9.59 Å². The number of nitrogens with one attached hydrogen (secondary N) is 1. The predicted molar refractivity (Wildman–Crippen MR) is 60.2 cm³/mol. The minimum Gasteiger partial charge on any atom is -0.278 e. The summed E-state index contributed by atoms with van der Waals surface area (Å²) in [5.74, 6) is 0.202. The van der Waals surface area contributed by atoms with E-state index in [0.29, 0.717) is 17.7 Å². The number of aromatic nitrogens is 2. The third-order valence-electron chi connectivity index (χ3n) is 2.18. The normalized spacial score (nSPS) is 16.2. The van der Waals surface area contributed by atoms with Gasteiger partial charge in [0.05, 0.1) is 6.20 Å². The first-order valence-corrected chi connectivity index (χ1v) is 5.82. The van der Waals surface area contributed by atoms with Crippen molar-refractivity contribution in [1.82, 2.24) is 15.5 Å². The zero-order chi connectivity index (χ0) is 11.5. The van der Waals surface area contributed by atoms with Gasteiger partial charge in [0, 0.05) is 18.3 Å². The summed E-state index contributed by atoms with van der Waals surface area (Å²) in [6.07, 6.45) is 1.90. The van der Waals surface area contributed by atoms with E-state index >= 15 is 0 Å². The van der Waals surface area contributed by atoms with Gasteiger partial charge in [0.25, 0.3) is 0 Å². The summed E-state index contributed by atoms with van der Waals surface area (Å²) in [6.45, 7) is 0.338. The van der Waals surface area contributed by atoms with Crippen molar-refractivity contribution in [2.45, 2.75) is 11.8 Å². The van der Waals surface area contributed by atoms with Crippen LogP contribution >= 0.6 is 15.9 Å². The van der Waals surface area contributed by atoms with E-state index in [1.54, 1.807) is 12.3 Å². The monoisotopic (exact) mass is 284 g/mol. The number of anilines is 1. The minimum absolute atomic E-state index is 0.258. The summed E-state index contributed by atoms with van der Waals surface area (Å²) in [5.41, 5.74) is 0.926. The molecule has 0 atom stereocenters. The molecule has 0 bridgehead atoms. The number of alkyl halides is 1. The Morgan fingerprint density at radius 1 is 1.50 bits per heavy atom. The van der Waals surface area contributed by atoms with Crippen LogP contribution in [0.1, 0.15) is 12.0 Å². The van der Waals surface area contributed by atoms with Crippen LogP contribution in [0.5, 0.6) is 0 Å². The van der Waals surface area contributed by atoms with Crippen molar-refractivity contribution in [3.8, 4) is 0 Å².